The number of piperidine rings is 1. The zero-order valence-electron chi connectivity index (χ0n) is 12.0. The van der Waals surface area contributed by atoms with Gasteiger partial charge < -0.3 is 9.64 Å². The maximum Gasteiger partial charge on any atom is 0.417 e. The molecule has 22 heavy (non-hydrogen) atoms. The number of carbonyl (C=O) groups excluding carboxylic acids is 1. The number of halogens is 3. The van der Waals surface area contributed by atoms with Crippen LogP contribution in [-0.4, -0.2) is 26.2 Å². The Morgan fingerprint density at radius 2 is 2.00 bits per heavy atom. The number of hydrogen-bond acceptors (Lipinski definition) is 4. The average molecular weight is 312 g/mol. The largest absolute Gasteiger partial charge is 0.469 e. The summed E-state index contributed by atoms with van der Waals surface area (Å²) in [6, 6.07) is 5.25. The van der Waals surface area contributed by atoms with Gasteiger partial charge in [0.25, 0.3) is 0 Å². The van der Waals surface area contributed by atoms with Crippen molar-refractivity contribution >= 4 is 11.7 Å². The van der Waals surface area contributed by atoms with E-state index < -0.39 is 11.7 Å². The molecule has 1 aromatic rings. The van der Waals surface area contributed by atoms with Crippen molar-refractivity contribution in [2.24, 2.45) is 5.92 Å². The van der Waals surface area contributed by atoms with Gasteiger partial charge in [0.1, 0.15) is 0 Å². The Hall–Kier alpha value is -2.23. The quantitative estimate of drug-likeness (QED) is 0.788. The predicted molar refractivity (Wildman–Crippen MR) is 73.1 cm³/mol. The number of nitrogens with zero attached hydrogens (tertiary/aromatic N) is 2. The summed E-state index contributed by atoms with van der Waals surface area (Å²) in [6.07, 6.45) is -3.49. The van der Waals surface area contributed by atoms with Crippen molar-refractivity contribution in [2.75, 3.05) is 25.1 Å². The third-order valence-electron chi connectivity index (χ3n) is 3.82. The van der Waals surface area contributed by atoms with E-state index in [-0.39, 0.29) is 17.5 Å². The highest BCUT2D eigenvalue weighted by molar-refractivity contribution is 5.72. The van der Waals surface area contributed by atoms with Gasteiger partial charge in [0.15, 0.2) is 0 Å². The summed E-state index contributed by atoms with van der Waals surface area (Å²) in [4.78, 5) is 13.2. The van der Waals surface area contributed by atoms with E-state index in [0.717, 1.165) is 6.07 Å². The summed E-state index contributed by atoms with van der Waals surface area (Å²) in [5.41, 5.74) is -0.905. The summed E-state index contributed by atoms with van der Waals surface area (Å²) in [5.74, 6) is -0.489. The fraction of sp³-hybridized carbons (Fsp3) is 0.467. The van der Waals surface area contributed by atoms with Crippen LogP contribution in [0, 0.1) is 17.2 Å². The highest BCUT2D eigenvalue weighted by Gasteiger charge is 2.34. The first kappa shape index (κ1) is 16.1. The Balaban J connectivity index is 2.18. The van der Waals surface area contributed by atoms with Crippen LogP contribution in [-0.2, 0) is 15.7 Å². The molecule has 0 radical (unpaired) electrons. The van der Waals surface area contributed by atoms with Gasteiger partial charge in [-0.25, -0.2) is 0 Å². The van der Waals surface area contributed by atoms with Gasteiger partial charge in [-0.05, 0) is 31.0 Å². The van der Waals surface area contributed by atoms with E-state index in [1.807, 2.05) is 0 Å². The van der Waals surface area contributed by atoms with Crippen molar-refractivity contribution in [1.82, 2.24) is 0 Å². The van der Waals surface area contributed by atoms with Crippen molar-refractivity contribution in [2.45, 2.75) is 19.0 Å². The number of methoxy groups -OCH3 is 1. The van der Waals surface area contributed by atoms with Crippen LogP contribution >= 0.6 is 0 Å². The molecule has 2 rings (SSSR count). The predicted octanol–water partition coefficient (Wildman–Crippen LogP) is 2.97. The lowest BCUT2D eigenvalue weighted by Crippen LogP contribution is -2.36. The summed E-state index contributed by atoms with van der Waals surface area (Å²) >= 11 is 0. The first-order valence-corrected chi connectivity index (χ1v) is 6.81. The van der Waals surface area contributed by atoms with Crippen molar-refractivity contribution < 1.29 is 22.7 Å². The number of ether oxygens (including phenoxy) is 1. The first-order chi connectivity index (χ1) is 10.4. The Kier molecular flexibility index (Phi) is 4.59. The number of benzene rings is 1. The average Bonchev–Trinajstić information content (AvgIpc) is 2.52. The second kappa shape index (κ2) is 6.26. The molecule has 0 aliphatic carbocycles. The lowest BCUT2D eigenvalue weighted by molar-refractivity contribution is -0.146. The van der Waals surface area contributed by atoms with Gasteiger partial charge in [-0.2, -0.15) is 18.4 Å². The molecule has 1 aliphatic heterocycles. The monoisotopic (exact) mass is 312 g/mol. The Morgan fingerprint density at radius 3 is 2.50 bits per heavy atom. The van der Waals surface area contributed by atoms with Gasteiger partial charge >= 0.3 is 12.1 Å². The molecule has 0 N–H and O–H groups in total. The number of hydrogen-bond donors (Lipinski definition) is 0. The van der Waals surface area contributed by atoms with Crippen molar-refractivity contribution in [3.05, 3.63) is 29.3 Å². The normalized spacial score (nSPS) is 16.2. The molecule has 0 unspecified atom stereocenters. The van der Waals surface area contributed by atoms with Gasteiger partial charge in [-0.15, -0.1) is 0 Å². The zero-order valence-corrected chi connectivity index (χ0v) is 12.0. The molecule has 0 bridgehead atoms. The van der Waals surface area contributed by atoms with E-state index in [0.29, 0.717) is 31.6 Å². The van der Waals surface area contributed by atoms with Crippen LogP contribution in [0.4, 0.5) is 18.9 Å². The SMILES string of the molecule is COC(=O)C1CCN(c2ccc(C#N)c(C(F)(F)F)c2)CC1. The standard InChI is InChI=1S/C15H15F3N2O2/c1-22-14(21)10-4-6-20(7-5-10)12-3-2-11(9-19)13(8-12)15(16,17)18/h2-3,8,10H,4-7H2,1H3. The lowest BCUT2D eigenvalue weighted by Gasteiger charge is -2.32. The molecule has 118 valence electrons. The summed E-state index contributed by atoms with van der Waals surface area (Å²) < 4.78 is 43.6. The van der Waals surface area contributed by atoms with Gasteiger partial charge in [-0.1, -0.05) is 0 Å². The lowest BCUT2D eigenvalue weighted by atomic mass is 9.96. The topological polar surface area (TPSA) is 53.3 Å². The van der Waals surface area contributed by atoms with Crippen LogP contribution in [0.25, 0.3) is 0 Å². The minimum atomic E-state index is -4.56. The smallest absolute Gasteiger partial charge is 0.417 e. The zero-order chi connectivity index (χ0) is 16.3. The third-order valence-corrected chi connectivity index (χ3v) is 3.82. The molecular weight excluding hydrogens is 297 g/mol. The second-order valence-corrected chi connectivity index (χ2v) is 5.12. The highest BCUT2D eigenvalue weighted by Crippen LogP contribution is 2.35. The molecule has 0 spiro atoms. The molecule has 7 heteroatoms. The summed E-state index contributed by atoms with van der Waals surface area (Å²) in [7, 11) is 1.32. The first-order valence-electron chi connectivity index (χ1n) is 6.81. The van der Waals surface area contributed by atoms with Crippen LogP contribution in [0.2, 0.25) is 0 Å². The second-order valence-electron chi connectivity index (χ2n) is 5.12. The maximum atomic E-state index is 13.0. The fourth-order valence-electron chi connectivity index (χ4n) is 2.60. The molecule has 0 aromatic heterocycles. The summed E-state index contributed by atoms with van der Waals surface area (Å²) in [5, 5.41) is 8.79. The van der Waals surface area contributed by atoms with Gasteiger partial charge in [0, 0.05) is 18.8 Å². The highest BCUT2D eigenvalue weighted by atomic mass is 19.4. The molecule has 0 saturated carbocycles. The van der Waals surface area contributed by atoms with Gasteiger partial charge in [-0.3, -0.25) is 4.79 Å². The van der Waals surface area contributed by atoms with Gasteiger partial charge in [0.2, 0.25) is 0 Å². The maximum absolute atomic E-state index is 13.0. The molecule has 1 aliphatic rings. The van der Waals surface area contributed by atoms with E-state index in [9.17, 15) is 18.0 Å². The number of carbonyl (C=O) groups is 1. The molecule has 4 nitrogen and oxygen atoms in total. The Morgan fingerprint density at radius 1 is 1.36 bits per heavy atom. The molecule has 1 fully saturated rings. The van der Waals surface area contributed by atoms with Gasteiger partial charge in [0.05, 0.1) is 30.2 Å². The molecular formula is C15H15F3N2O2. The molecule has 0 atom stereocenters. The van der Waals surface area contributed by atoms with Crippen molar-refractivity contribution in [1.29, 1.82) is 5.26 Å². The summed E-state index contributed by atoms with van der Waals surface area (Å²) in [6.45, 7) is 0.950. The van der Waals surface area contributed by atoms with Crippen molar-refractivity contribution in [3.8, 4) is 6.07 Å². The van der Waals surface area contributed by atoms with E-state index >= 15 is 0 Å². The van der Waals surface area contributed by atoms with Crippen LogP contribution in [0.15, 0.2) is 18.2 Å². The van der Waals surface area contributed by atoms with E-state index in [1.54, 1.807) is 11.0 Å². The number of nitriles is 1. The molecule has 1 saturated heterocycles. The Bertz CT molecular complexity index is 600. The van der Waals surface area contributed by atoms with Crippen LogP contribution in [0.5, 0.6) is 0 Å². The van der Waals surface area contributed by atoms with E-state index in [2.05, 4.69) is 4.74 Å². The van der Waals surface area contributed by atoms with Crippen LogP contribution < -0.4 is 4.90 Å². The van der Waals surface area contributed by atoms with Crippen molar-refractivity contribution in [3.63, 3.8) is 0 Å². The minimum Gasteiger partial charge on any atom is -0.469 e. The van der Waals surface area contributed by atoms with Crippen LogP contribution in [0.3, 0.4) is 0 Å². The van der Waals surface area contributed by atoms with Crippen LogP contribution in [0.1, 0.15) is 24.0 Å². The molecule has 1 aromatic carbocycles. The minimum absolute atomic E-state index is 0.207. The fourth-order valence-corrected chi connectivity index (χ4v) is 2.60. The number of alkyl halides is 3. The number of esters is 1. The molecule has 1 heterocycles. The molecule has 0 amide bonds. The number of rotatable bonds is 2. The van der Waals surface area contributed by atoms with E-state index in [1.165, 1.54) is 19.2 Å². The Labute approximate surface area is 126 Å². The number of anilines is 1. The third kappa shape index (κ3) is 3.32. The van der Waals surface area contributed by atoms with E-state index in [4.69, 9.17) is 5.26 Å².